The third-order valence-corrected chi connectivity index (χ3v) is 3.53. The number of aliphatic hydroxyl groups is 1. The number of anilines is 1. The van der Waals surface area contributed by atoms with Crippen molar-refractivity contribution >= 4 is 23.3 Å². The van der Waals surface area contributed by atoms with Crippen LogP contribution in [0.15, 0.2) is 48.5 Å². The molecule has 122 valence electrons. The van der Waals surface area contributed by atoms with Crippen molar-refractivity contribution in [2.24, 2.45) is 0 Å². The van der Waals surface area contributed by atoms with Gasteiger partial charge in [-0.15, -0.1) is 0 Å². The molecule has 0 aliphatic heterocycles. The maximum atomic E-state index is 11.9. The summed E-state index contributed by atoms with van der Waals surface area (Å²) in [5.74, 6) is 0.397. The summed E-state index contributed by atoms with van der Waals surface area (Å²) in [6.45, 7) is 0.142. The van der Waals surface area contributed by atoms with Crippen LogP contribution in [0.3, 0.4) is 0 Å². The van der Waals surface area contributed by atoms with E-state index in [4.69, 9.17) is 16.3 Å². The summed E-state index contributed by atoms with van der Waals surface area (Å²) in [5.41, 5.74) is 1.48. The fourth-order valence-electron chi connectivity index (χ4n) is 2.15. The van der Waals surface area contributed by atoms with E-state index in [1.165, 1.54) is 7.11 Å². The molecule has 1 unspecified atom stereocenters. The van der Waals surface area contributed by atoms with Gasteiger partial charge in [0.05, 0.1) is 23.9 Å². The molecule has 1 atom stereocenters. The summed E-state index contributed by atoms with van der Waals surface area (Å²) < 4.78 is 5.16. The van der Waals surface area contributed by atoms with E-state index < -0.39 is 12.1 Å². The van der Waals surface area contributed by atoms with E-state index in [1.807, 2.05) is 30.3 Å². The lowest BCUT2D eigenvalue weighted by Crippen LogP contribution is -2.36. The first-order valence-electron chi connectivity index (χ1n) is 7.19. The number of aliphatic hydroxyl groups excluding tert-OH is 1. The molecule has 2 rings (SSSR count). The highest BCUT2D eigenvalue weighted by Crippen LogP contribution is 2.32. The Morgan fingerprint density at radius 1 is 1.22 bits per heavy atom. The second-order valence-corrected chi connectivity index (χ2v) is 5.41. The summed E-state index contributed by atoms with van der Waals surface area (Å²) in [5, 5.41) is 15.7. The maximum absolute atomic E-state index is 11.9. The molecule has 0 aliphatic rings. The van der Waals surface area contributed by atoms with E-state index in [0.717, 1.165) is 5.56 Å². The van der Waals surface area contributed by atoms with Crippen LogP contribution in [0, 0.1) is 0 Å². The van der Waals surface area contributed by atoms with Gasteiger partial charge in [-0.25, -0.2) is 4.79 Å². The van der Waals surface area contributed by atoms with Crippen LogP contribution in [0.2, 0.25) is 5.02 Å². The Kier molecular flexibility index (Phi) is 6.26. The number of halogens is 1. The van der Waals surface area contributed by atoms with E-state index in [2.05, 4.69) is 10.6 Å². The highest BCUT2D eigenvalue weighted by Gasteiger charge is 2.12. The first kappa shape index (κ1) is 17.1. The zero-order valence-corrected chi connectivity index (χ0v) is 13.5. The quantitative estimate of drug-likeness (QED) is 0.760. The second-order valence-electron chi connectivity index (χ2n) is 5.00. The molecule has 6 heteroatoms. The van der Waals surface area contributed by atoms with Crippen molar-refractivity contribution in [3.63, 3.8) is 0 Å². The van der Waals surface area contributed by atoms with Crippen molar-refractivity contribution in [3.05, 3.63) is 59.1 Å². The number of ether oxygens (including phenoxy) is 1. The Bertz CT molecular complexity index is 650. The van der Waals surface area contributed by atoms with E-state index in [1.54, 1.807) is 18.2 Å². The Hall–Kier alpha value is -2.24. The molecule has 0 radical (unpaired) electrons. The van der Waals surface area contributed by atoms with E-state index in [9.17, 15) is 9.90 Å². The maximum Gasteiger partial charge on any atom is 0.319 e. The van der Waals surface area contributed by atoms with Crippen LogP contribution in [-0.2, 0) is 6.42 Å². The van der Waals surface area contributed by atoms with Crippen molar-refractivity contribution in [2.45, 2.75) is 12.5 Å². The molecule has 23 heavy (non-hydrogen) atoms. The number of nitrogens with one attached hydrogen (secondary N) is 2. The molecule has 0 fully saturated rings. The van der Waals surface area contributed by atoms with Gasteiger partial charge in [0.25, 0.3) is 0 Å². The van der Waals surface area contributed by atoms with Gasteiger partial charge in [0.15, 0.2) is 5.75 Å². The van der Waals surface area contributed by atoms with Gasteiger partial charge < -0.3 is 20.5 Å². The van der Waals surface area contributed by atoms with Crippen molar-refractivity contribution in [1.29, 1.82) is 0 Å². The minimum absolute atomic E-state index is 0.142. The fraction of sp³-hybridized carbons (Fsp3) is 0.235. The Morgan fingerprint density at radius 2 is 1.96 bits per heavy atom. The van der Waals surface area contributed by atoms with Crippen LogP contribution in [0.5, 0.6) is 5.75 Å². The number of hydrogen-bond donors (Lipinski definition) is 3. The molecular formula is C17H19ClN2O3. The van der Waals surface area contributed by atoms with Gasteiger partial charge in [-0.05, 0) is 17.7 Å². The van der Waals surface area contributed by atoms with Crippen molar-refractivity contribution in [2.75, 3.05) is 19.0 Å². The van der Waals surface area contributed by atoms with E-state index in [0.29, 0.717) is 22.9 Å². The summed E-state index contributed by atoms with van der Waals surface area (Å²) in [4.78, 5) is 11.9. The molecule has 0 saturated carbocycles. The van der Waals surface area contributed by atoms with E-state index in [-0.39, 0.29) is 6.54 Å². The fourth-order valence-corrected chi connectivity index (χ4v) is 2.40. The van der Waals surface area contributed by atoms with Crippen LogP contribution >= 0.6 is 11.6 Å². The Balaban J connectivity index is 1.84. The van der Waals surface area contributed by atoms with Crippen molar-refractivity contribution in [1.82, 2.24) is 5.32 Å². The minimum atomic E-state index is -0.663. The van der Waals surface area contributed by atoms with Gasteiger partial charge >= 0.3 is 6.03 Å². The molecule has 2 aromatic carbocycles. The van der Waals surface area contributed by atoms with Gasteiger partial charge in [0.1, 0.15) is 0 Å². The average molecular weight is 335 g/mol. The third kappa shape index (κ3) is 5.16. The molecule has 0 bridgehead atoms. The largest absolute Gasteiger partial charge is 0.493 e. The number of methoxy groups -OCH3 is 1. The van der Waals surface area contributed by atoms with Gasteiger partial charge in [-0.1, -0.05) is 48.0 Å². The van der Waals surface area contributed by atoms with Crippen LogP contribution < -0.4 is 15.4 Å². The Labute approximate surface area is 140 Å². The van der Waals surface area contributed by atoms with Crippen LogP contribution in [0.4, 0.5) is 10.5 Å². The van der Waals surface area contributed by atoms with Gasteiger partial charge in [-0.2, -0.15) is 0 Å². The lowest BCUT2D eigenvalue weighted by molar-refractivity contribution is 0.172. The predicted octanol–water partition coefficient (Wildman–Crippen LogP) is 3.07. The van der Waals surface area contributed by atoms with Crippen LogP contribution in [-0.4, -0.2) is 30.9 Å². The lowest BCUT2D eigenvalue weighted by Gasteiger charge is -2.14. The Morgan fingerprint density at radius 3 is 2.65 bits per heavy atom. The standard InChI is InChI=1S/C17H19ClN2O3/c1-23-16-14(18)8-5-9-15(16)20-17(22)19-11-13(21)10-12-6-3-2-4-7-12/h2-9,13,21H,10-11H2,1H3,(H2,19,20,22). The summed E-state index contributed by atoms with van der Waals surface area (Å²) in [7, 11) is 1.48. The first-order valence-corrected chi connectivity index (χ1v) is 7.57. The van der Waals surface area contributed by atoms with E-state index >= 15 is 0 Å². The summed E-state index contributed by atoms with van der Waals surface area (Å²) in [6.07, 6.45) is -0.189. The number of carbonyl (C=O) groups is 1. The molecule has 0 aliphatic carbocycles. The highest BCUT2D eigenvalue weighted by molar-refractivity contribution is 6.32. The summed E-state index contributed by atoms with van der Waals surface area (Å²) >= 11 is 5.99. The first-order chi connectivity index (χ1) is 11.1. The zero-order valence-electron chi connectivity index (χ0n) is 12.8. The second kappa shape index (κ2) is 8.41. The molecule has 3 N–H and O–H groups in total. The number of benzene rings is 2. The number of carbonyl (C=O) groups excluding carboxylic acids is 1. The monoisotopic (exact) mass is 334 g/mol. The van der Waals surface area contributed by atoms with Gasteiger partial charge in [0.2, 0.25) is 0 Å². The minimum Gasteiger partial charge on any atom is -0.493 e. The molecular weight excluding hydrogens is 316 g/mol. The lowest BCUT2D eigenvalue weighted by atomic mass is 10.1. The smallest absolute Gasteiger partial charge is 0.319 e. The normalized spacial score (nSPS) is 11.6. The SMILES string of the molecule is COc1c(Cl)cccc1NC(=O)NCC(O)Cc1ccccc1. The topological polar surface area (TPSA) is 70.6 Å². The molecule has 2 aromatic rings. The van der Waals surface area contributed by atoms with Gasteiger partial charge in [-0.3, -0.25) is 0 Å². The third-order valence-electron chi connectivity index (χ3n) is 3.23. The highest BCUT2D eigenvalue weighted by atomic mass is 35.5. The molecule has 0 aromatic heterocycles. The number of amides is 2. The molecule has 2 amide bonds. The molecule has 0 heterocycles. The number of rotatable bonds is 6. The molecule has 5 nitrogen and oxygen atoms in total. The van der Waals surface area contributed by atoms with Crippen molar-refractivity contribution < 1.29 is 14.6 Å². The van der Waals surface area contributed by atoms with Crippen LogP contribution in [0.25, 0.3) is 0 Å². The van der Waals surface area contributed by atoms with Crippen molar-refractivity contribution in [3.8, 4) is 5.75 Å². The van der Waals surface area contributed by atoms with Crippen LogP contribution in [0.1, 0.15) is 5.56 Å². The summed E-state index contributed by atoms with van der Waals surface area (Å²) in [6, 6.07) is 14.2. The number of para-hydroxylation sites is 1. The number of urea groups is 1. The number of hydrogen-bond acceptors (Lipinski definition) is 3. The zero-order chi connectivity index (χ0) is 16.7. The predicted molar refractivity (Wildman–Crippen MR) is 91.2 cm³/mol. The molecule has 0 saturated heterocycles. The van der Waals surface area contributed by atoms with Gasteiger partial charge in [0, 0.05) is 13.0 Å². The average Bonchev–Trinajstić information content (AvgIpc) is 2.54. The molecule has 0 spiro atoms.